The van der Waals surface area contributed by atoms with E-state index in [0.29, 0.717) is 15.6 Å². The highest BCUT2D eigenvalue weighted by atomic mass is 35.5. The summed E-state index contributed by atoms with van der Waals surface area (Å²) < 4.78 is -1.28. The predicted molar refractivity (Wildman–Crippen MR) is 64.8 cm³/mol. The zero-order chi connectivity index (χ0) is 12.1. The Morgan fingerprint density at radius 1 is 1.19 bits per heavy atom. The first-order valence-electron chi connectivity index (χ1n) is 4.40. The molecule has 0 spiro atoms. The molecule has 1 aliphatic carbocycles. The van der Waals surface area contributed by atoms with Gasteiger partial charge >= 0.3 is 5.97 Å². The second kappa shape index (κ2) is 3.95. The maximum Gasteiger partial charge on any atom is 0.310 e. The van der Waals surface area contributed by atoms with E-state index in [4.69, 9.17) is 51.5 Å². The van der Waals surface area contributed by atoms with E-state index in [1.165, 1.54) is 0 Å². The van der Waals surface area contributed by atoms with Crippen LogP contribution in [0, 0.1) is 5.92 Å². The minimum absolute atomic E-state index is 0.433. The van der Waals surface area contributed by atoms with Crippen LogP contribution in [0.1, 0.15) is 11.5 Å². The average molecular weight is 300 g/mol. The third-order valence-corrected chi connectivity index (χ3v) is 3.94. The van der Waals surface area contributed by atoms with Crippen molar-refractivity contribution in [2.75, 3.05) is 0 Å². The highest BCUT2D eigenvalue weighted by Gasteiger charge is 2.68. The summed E-state index contributed by atoms with van der Waals surface area (Å²) in [6.07, 6.45) is 0. The standard InChI is InChI=1S/C10H6Cl4O2/c11-5-1-4(2-6(12)3-5)7-8(9(15)16)10(7,13)14/h1-3,7-8H,(H,15,16). The van der Waals surface area contributed by atoms with Gasteiger partial charge in [0.25, 0.3) is 0 Å². The first-order chi connectivity index (χ1) is 7.34. The molecule has 2 unspecified atom stereocenters. The molecule has 0 radical (unpaired) electrons. The van der Waals surface area contributed by atoms with Crippen LogP contribution in [0.5, 0.6) is 0 Å². The number of carbonyl (C=O) groups is 1. The smallest absolute Gasteiger partial charge is 0.310 e. The van der Waals surface area contributed by atoms with Crippen molar-refractivity contribution < 1.29 is 9.90 Å². The van der Waals surface area contributed by atoms with E-state index in [1.807, 2.05) is 0 Å². The van der Waals surface area contributed by atoms with Crippen LogP contribution in [0.2, 0.25) is 10.0 Å². The minimum Gasteiger partial charge on any atom is -0.481 e. The summed E-state index contributed by atoms with van der Waals surface area (Å²) in [5.41, 5.74) is 0.648. The van der Waals surface area contributed by atoms with Gasteiger partial charge < -0.3 is 5.11 Å². The lowest BCUT2D eigenvalue weighted by Gasteiger charge is -2.02. The van der Waals surface area contributed by atoms with Gasteiger partial charge in [0.05, 0.1) is 5.92 Å². The third-order valence-electron chi connectivity index (χ3n) is 2.56. The summed E-state index contributed by atoms with van der Waals surface area (Å²) in [6.45, 7) is 0. The van der Waals surface area contributed by atoms with Crippen LogP contribution in [-0.2, 0) is 4.79 Å². The minimum atomic E-state index is -1.28. The summed E-state index contributed by atoms with van der Waals surface area (Å²) in [7, 11) is 0. The Morgan fingerprint density at radius 2 is 1.69 bits per heavy atom. The molecule has 2 rings (SSSR count). The van der Waals surface area contributed by atoms with E-state index in [9.17, 15) is 4.79 Å². The fourth-order valence-electron chi connectivity index (χ4n) is 1.80. The van der Waals surface area contributed by atoms with Gasteiger partial charge in [-0.1, -0.05) is 46.4 Å². The average Bonchev–Trinajstić information content (AvgIpc) is 2.67. The van der Waals surface area contributed by atoms with E-state index < -0.39 is 22.1 Å². The summed E-state index contributed by atoms with van der Waals surface area (Å²) in [5.74, 6) is -2.30. The number of benzene rings is 1. The molecule has 6 heteroatoms. The number of aliphatic carboxylic acids is 1. The van der Waals surface area contributed by atoms with Crippen molar-refractivity contribution in [3.63, 3.8) is 0 Å². The van der Waals surface area contributed by atoms with Crippen molar-refractivity contribution in [3.8, 4) is 0 Å². The summed E-state index contributed by atoms with van der Waals surface area (Å²) in [5, 5.41) is 9.79. The Bertz CT molecular complexity index is 438. The van der Waals surface area contributed by atoms with Crippen molar-refractivity contribution in [2.24, 2.45) is 5.92 Å². The Balaban J connectivity index is 2.37. The monoisotopic (exact) mass is 298 g/mol. The van der Waals surface area contributed by atoms with Gasteiger partial charge in [-0.05, 0) is 23.8 Å². The van der Waals surface area contributed by atoms with Crippen LogP contribution in [0.3, 0.4) is 0 Å². The Labute approximate surface area is 112 Å². The van der Waals surface area contributed by atoms with E-state index in [2.05, 4.69) is 0 Å². The number of alkyl halides is 2. The second-order valence-electron chi connectivity index (χ2n) is 3.67. The number of carboxylic acids is 1. The van der Waals surface area contributed by atoms with E-state index in [-0.39, 0.29) is 0 Å². The molecule has 0 saturated heterocycles. The molecule has 1 N–H and O–H groups in total. The maximum atomic E-state index is 10.9. The van der Waals surface area contributed by atoms with E-state index in [0.717, 1.165) is 0 Å². The van der Waals surface area contributed by atoms with Gasteiger partial charge in [-0.2, -0.15) is 0 Å². The molecule has 1 saturated carbocycles. The van der Waals surface area contributed by atoms with Crippen molar-refractivity contribution >= 4 is 52.4 Å². The van der Waals surface area contributed by atoms with Crippen LogP contribution < -0.4 is 0 Å². The molecule has 1 aromatic carbocycles. The molecular weight excluding hydrogens is 294 g/mol. The number of carboxylic acid groups (broad SMARTS) is 1. The zero-order valence-electron chi connectivity index (χ0n) is 7.75. The first kappa shape index (κ1) is 12.3. The fourth-order valence-corrected chi connectivity index (χ4v) is 3.16. The molecule has 0 amide bonds. The van der Waals surface area contributed by atoms with E-state index in [1.54, 1.807) is 18.2 Å². The van der Waals surface area contributed by atoms with Crippen LogP contribution in [0.4, 0.5) is 0 Å². The second-order valence-corrected chi connectivity index (χ2v) is 5.99. The van der Waals surface area contributed by atoms with Crippen molar-refractivity contribution in [1.82, 2.24) is 0 Å². The van der Waals surface area contributed by atoms with Crippen LogP contribution >= 0.6 is 46.4 Å². The van der Waals surface area contributed by atoms with E-state index >= 15 is 0 Å². The van der Waals surface area contributed by atoms with Gasteiger partial charge in [-0.15, -0.1) is 0 Å². The van der Waals surface area contributed by atoms with Gasteiger partial charge in [-0.3, -0.25) is 4.79 Å². The summed E-state index contributed by atoms with van der Waals surface area (Å²) in [4.78, 5) is 10.9. The van der Waals surface area contributed by atoms with Gasteiger partial charge in [0.1, 0.15) is 4.33 Å². The SMILES string of the molecule is O=C(O)C1C(c2cc(Cl)cc(Cl)c2)C1(Cl)Cl. The molecule has 16 heavy (non-hydrogen) atoms. The molecule has 0 bridgehead atoms. The number of rotatable bonds is 2. The zero-order valence-corrected chi connectivity index (χ0v) is 10.8. The molecule has 1 aromatic rings. The van der Waals surface area contributed by atoms with Crippen LogP contribution in [0.15, 0.2) is 18.2 Å². The quantitative estimate of drug-likeness (QED) is 0.839. The van der Waals surface area contributed by atoms with Gasteiger partial charge in [-0.25, -0.2) is 0 Å². The highest BCUT2D eigenvalue weighted by molar-refractivity contribution is 6.53. The van der Waals surface area contributed by atoms with Gasteiger partial charge in [0.2, 0.25) is 0 Å². The predicted octanol–water partition coefficient (Wildman–Crippen LogP) is 3.97. The maximum absolute atomic E-state index is 10.9. The first-order valence-corrected chi connectivity index (χ1v) is 5.92. The normalized spacial score (nSPS) is 26.5. The molecule has 1 aliphatic rings. The Kier molecular flexibility index (Phi) is 3.04. The molecule has 2 atom stereocenters. The van der Waals surface area contributed by atoms with Gasteiger partial charge in [0, 0.05) is 16.0 Å². The fraction of sp³-hybridized carbons (Fsp3) is 0.300. The van der Waals surface area contributed by atoms with Crippen molar-refractivity contribution in [2.45, 2.75) is 10.3 Å². The van der Waals surface area contributed by atoms with Gasteiger partial charge in [0.15, 0.2) is 0 Å². The molecule has 86 valence electrons. The molecule has 0 aliphatic heterocycles. The Morgan fingerprint density at radius 3 is 2.06 bits per heavy atom. The molecular formula is C10H6Cl4O2. The lowest BCUT2D eigenvalue weighted by Crippen LogP contribution is -2.03. The number of hydrogen-bond donors (Lipinski definition) is 1. The largest absolute Gasteiger partial charge is 0.481 e. The third kappa shape index (κ3) is 2.00. The molecule has 2 nitrogen and oxygen atoms in total. The van der Waals surface area contributed by atoms with Crippen molar-refractivity contribution in [3.05, 3.63) is 33.8 Å². The molecule has 1 fully saturated rings. The van der Waals surface area contributed by atoms with Crippen LogP contribution in [0.25, 0.3) is 0 Å². The lowest BCUT2D eigenvalue weighted by molar-refractivity contribution is -0.138. The summed E-state index contributed by atoms with van der Waals surface area (Å²) >= 11 is 23.5. The highest BCUT2D eigenvalue weighted by Crippen LogP contribution is 2.65. The lowest BCUT2D eigenvalue weighted by atomic mass is 10.1. The number of halogens is 4. The number of hydrogen-bond acceptors (Lipinski definition) is 1. The summed E-state index contributed by atoms with van der Waals surface area (Å²) in [6, 6.07) is 4.82. The Hall–Kier alpha value is -0.150. The van der Waals surface area contributed by atoms with Crippen LogP contribution in [-0.4, -0.2) is 15.4 Å². The molecule has 0 aromatic heterocycles. The van der Waals surface area contributed by atoms with Crippen molar-refractivity contribution in [1.29, 1.82) is 0 Å². The topological polar surface area (TPSA) is 37.3 Å². The molecule has 0 heterocycles.